The standard InChI is InChI=1S/C20H23NO6S/c1-13-6-5-7-14(2)20(13)26-12-18(22)27-15(3)19(23)16-8-10-17(11-9-16)21-28(4,24)25/h5-11,15,21H,12H2,1-4H3/t15-/m1/s1. The first-order chi connectivity index (χ1) is 13.1. The minimum Gasteiger partial charge on any atom is -0.481 e. The number of esters is 1. The van der Waals surface area contributed by atoms with Gasteiger partial charge in [0, 0.05) is 11.3 Å². The van der Waals surface area contributed by atoms with Crippen molar-refractivity contribution in [2.75, 3.05) is 17.6 Å². The smallest absolute Gasteiger partial charge is 0.344 e. The van der Waals surface area contributed by atoms with Gasteiger partial charge in [-0.15, -0.1) is 0 Å². The van der Waals surface area contributed by atoms with Crippen molar-refractivity contribution in [1.82, 2.24) is 0 Å². The van der Waals surface area contributed by atoms with Gasteiger partial charge in [0.2, 0.25) is 15.8 Å². The molecule has 1 N–H and O–H groups in total. The number of hydrogen-bond donors (Lipinski definition) is 1. The number of para-hydroxylation sites is 1. The Morgan fingerprint density at radius 2 is 1.61 bits per heavy atom. The Morgan fingerprint density at radius 1 is 1.04 bits per heavy atom. The number of carbonyl (C=O) groups is 2. The van der Waals surface area contributed by atoms with Crippen molar-refractivity contribution in [1.29, 1.82) is 0 Å². The Kier molecular flexibility index (Phi) is 6.80. The molecule has 0 radical (unpaired) electrons. The van der Waals surface area contributed by atoms with Gasteiger partial charge in [-0.05, 0) is 56.2 Å². The third kappa shape index (κ3) is 6.09. The first kappa shape index (κ1) is 21.4. The summed E-state index contributed by atoms with van der Waals surface area (Å²) in [6.45, 7) is 4.92. The van der Waals surface area contributed by atoms with E-state index in [1.807, 2.05) is 32.0 Å². The van der Waals surface area contributed by atoms with E-state index in [9.17, 15) is 18.0 Å². The molecule has 7 nitrogen and oxygen atoms in total. The number of benzene rings is 2. The number of ether oxygens (including phenoxy) is 2. The maximum Gasteiger partial charge on any atom is 0.344 e. The molecule has 0 aliphatic carbocycles. The highest BCUT2D eigenvalue weighted by Gasteiger charge is 2.20. The molecule has 0 amide bonds. The van der Waals surface area contributed by atoms with Crippen molar-refractivity contribution >= 4 is 27.5 Å². The van der Waals surface area contributed by atoms with E-state index in [4.69, 9.17) is 9.47 Å². The molecule has 0 aliphatic heterocycles. The Morgan fingerprint density at radius 3 is 2.14 bits per heavy atom. The van der Waals surface area contributed by atoms with E-state index in [-0.39, 0.29) is 6.61 Å². The Balaban J connectivity index is 1.93. The second-order valence-electron chi connectivity index (χ2n) is 6.46. The van der Waals surface area contributed by atoms with Crippen LogP contribution in [0.5, 0.6) is 5.75 Å². The molecule has 0 spiro atoms. The van der Waals surface area contributed by atoms with E-state index in [2.05, 4.69) is 4.72 Å². The molecule has 2 rings (SSSR count). The van der Waals surface area contributed by atoms with Gasteiger partial charge in [0.15, 0.2) is 12.7 Å². The summed E-state index contributed by atoms with van der Waals surface area (Å²) >= 11 is 0. The highest BCUT2D eigenvalue weighted by Crippen LogP contribution is 2.22. The van der Waals surface area contributed by atoms with Crippen molar-refractivity contribution in [3.8, 4) is 5.75 Å². The summed E-state index contributed by atoms with van der Waals surface area (Å²) in [6.07, 6.45) is 0.0384. The minimum absolute atomic E-state index is 0.301. The third-order valence-electron chi connectivity index (χ3n) is 3.89. The molecule has 0 fully saturated rings. The third-order valence-corrected chi connectivity index (χ3v) is 4.50. The van der Waals surface area contributed by atoms with Gasteiger partial charge in [0.1, 0.15) is 5.75 Å². The molecule has 0 aliphatic rings. The van der Waals surface area contributed by atoms with Crippen LogP contribution in [0.3, 0.4) is 0 Å². The molecule has 28 heavy (non-hydrogen) atoms. The number of ketones is 1. The average molecular weight is 405 g/mol. The number of carbonyl (C=O) groups excluding carboxylic acids is 2. The van der Waals surface area contributed by atoms with Crippen LogP contribution in [0.2, 0.25) is 0 Å². The number of aryl methyl sites for hydroxylation is 2. The lowest BCUT2D eigenvalue weighted by molar-refractivity contribution is -0.148. The van der Waals surface area contributed by atoms with E-state index in [1.165, 1.54) is 31.2 Å². The molecule has 2 aromatic rings. The summed E-state index contributed by atoms with van der Waals surface area (Å²) in [4.78, 5) is 24.4. The molecule has 8 heteroatoms. The normalized spacial score (nSPS) is 12.1. The van der Waals surface area contributed by atoms with Crippen molar-refractivity contribution in [2.24, 2.45) is 0 Å². The summed E-state index contributed by atoms with van der Waals surface area (Å²) in [6, 6.07) is 11.5. The summed E-state index contributed by atoms with van der Waals surface area (Å²) in [5, 5.41) is 0. The molecule has 0 saturated carbocycles. The first-order valence-electron chi connectivity index (χ1n) is 8.57. The predicted molar refractivity (Wildman–Crippen MR) is 106 cm³/mol. The van der Waals surface area contributed by atoms with Gasteiger partial charge in [-0.3, -0.25) is 9.52 Å². The van der Waals surface area contributed by atoms with Crippen molar-refractivity contribution in [3.63, 3.8) is 0 Å². The van der Waals surface area contributed by atoms with Crippen LogP contribution in [0.1, 0.15) is 28.4 Å². The molecule has 0 aromatic heterocycles. The lowest BCUT2D eigenvalue weighted by Gasteiger charge is -2.15. The monoisotopic (exact) mass is 405 g/mol. The Labute approximate surface area is 164 Å². The van der Waals surface area contributed by atoms with Crippen LogP contribution in [0.15, 0.2) is 42.5 Å². The molecule has 0 heterocycles. The lowest BCUT2D eigenvalue weighted by Crippen LogP contribution is -2.27. The number of anilines is 1. The molecule has 0 bridgehead atoms. The summed E-state index contributed by atoms with van der Waals surface area (Å²) in [5.74, 6) is -0.433. The number of nitrogens with one attached hydrogen (secondary N) is 1. The zero-order chi connectivity index (χ0) is 20.9. The van der Waals surface area contributed by atoms with Gasteiger partial charge < -0.3 is 9.47 Å². The molecular weight excluding hydrogens is 382 g/mol. The van der Waals surface area contributed by atoms with Crippen LogP contribution >= 0.6 is 0 Å². The Hall–Kier alpha value is -2.87. The fraction of sp³-hybridized carbons (Fsp3) is 0.300. The van der Waals surface area contributed by atoms with Crippen LogP contribution in [-0.4, -0.2) is 39.1 Å². The summed E-state index contributed by atoms with van der Waals surface area (Å²) in [7, 11) is -3.40. The van der Waals surface area contributed by atoms with Crippen LogP contribution < -0.4 is 9.46 Å². The van der Waals surface area contributed by atoms with Crippen molar-refractivity contribution in [3.05, 3.63) is 59.2 Å². The summed E-state index contributed by atoms with van der Waals surface area (Å²) < 4.78 is 35.4. The van der Waals surface area contributed by atoms with Crippen LogP contribution in [0, 0.1) is 13.8 Å². The highest BCUT2D eigenvalue weighted by atomic mass is 32.2. The zero-order valence-corrected chi connectivity index (χ0v) is 17.0. The fourth-order valence-corrected chi connectivity index (χ4v) is 3.16. The molecule has 1 atom stereocenters. The number of Topliss-reactive ketones (excluding diaryl/α,β-unsaturated/α-hetero) is 1. The lowest BCUT2D eigenvalue weighted by atomic mass is 10.1. The van der Waals surface area contributed by atoms with Gasteiger partial charge in [0.25, 0.3) is 0 Å². The average Bonchev–Trinajstić information content (AvgIpc) is 2.60. The highest BCUT2D eigenvalue weighted by molar-refractivity contribution is 7.92. The maximum atomic E-state index is 12.4. The van der Waals surface area contributed by atoms with E-state index >= 15 is 0 Å². The maximum absolute atomic E-state index is 12.4. The number of sulfonamides is 1. The SMILES string of the molecule is Cc1cccc(C)c1OCC(=O)O[C@H](C)C(=O)c1ccc(NS(C)(=O)=O)cc1. The molecular formula is C20H23NO6S. The van der Waals surface area contributed by atoms with E-state index in [1.54, 1.807) is 0 Å². The van der Waals surface area contributed by atoms with E-state index in [0.29, 0.717) is 17.0 Å². The van der Waals surface area contributed by atoms with Crippen molar-refractivity contribution < 1.29 is 27.5 Å². The largest absolute Gasteiger partial charge is 0.481 e. The second-order valence-corrected chi connectivity index (χ2v) is 8.21. The first-order valence-corrected chi connectivity index (χ1v) is 10.5. The van der Waals surface area contributed by atoms with Gasteiger partial charge in [-0.25, -0.2) is 13.2 Å². The van der Waals surface area contributed by atoms with Crippen molar-refractivity contribution in [2.45, 2.75) is 26.9 Å². The van der Waals surface area contributed by atoms with E-state index < -0.39 is 27.9 Å². The van der Waals surface area contributed by atoms with Crippen LogP contribution in [0.25, 0.3) is 0 Å². The number of rotatable bonds is 8. The Bertz CT molecular complexity index is 946. The predicted octanol–water partition coefficient (Wildman–Crippen LogP) is 2.87. The van der Waals surface area contributed by atoms with Crippen LogP contribution in [0.4, 0.5) is 5.69 Å². The molecule has 0 saturated heterocycles. The van der Waals surface area contributed by atoms with Gasteiger partial charge in [-0.2, -0.15) is 0 Å². The number of hydrogen-bond acceptors (Lipinski definition) is 6. The van der Waals surface area contributed by atoms with Gasteiger partial charge in [-0.1, -0.05) is 18.2 Å². The fourth-order valence-electron chi connectivity index (χ4n) is 2.59. The molecule has 0 unspecified atom stereocenters. The van der Waals surface area contributed by atoms with Gasteiger partial charge in [0.05, 0.1) is 6.26 Å². The quantitative estimate of drug-likeness (QED) is 0.536. The second kappa shape index (κ2) is 8.88. The topological polar surface area (TPSA) is 98.8 Å². The molecule has 150 valence electrons. The zero-order valence-electron chi connectivity index (χ0n) is 16.2. The molecule has 2 aromatic carbocycles. The summed E-state index contributed by atoms with van der Waals surface area (Å²) in [5.41, 5.74) is 2.44. The minimum atomic E-state index is -3.40. The van der Waals surface area contributed by atoms with Crippen LogP contribution in [-0.2, 0) is 19.6 Å². The van der Waals surface area contributed by atoms with Gasteiger partial charge >= 0.3 is 5.97 Å². The van der Waals surface area contributed by atoms with E-state index in [0.717, 1.165) is 17.4 Å².